The van der Waals surface area contributed by atoms with Crippen molar-refractivity contribution in [3.05, 3.63) is 18.5 Å². The van der Waals surface area contributed by atoms with Gasteiger partial charge in [0.2, 0.25) is 10.0 Å². The highest BCUT2D eigenvalue weighted by atomic mass is 32.2. The lowest BCUT2D eigenvalue weighted by molar-refractivity contribution is 0.125. The molecule has 1 N–H and O–H groups in total. The largest absolute Gasteiger partial charge is 0.317 e. The zero-order valence-electron chi connectivity index (χ0n) is 15.2. The number of nitrogens with zero attached hydrogens (tertiary/aromatic N) is 4. The van der Waals surface area contributed by atoms with Crippen LogP contribution in [0.3, 0.4) is 0 Å². The van der Waals surface area contributed by atoms with Gasteiger partial charge < -0.3 is 5.43 Å². The molecule has 0 amide bonds. The van der Waals surface area contributed by atoms with E-state index in [4.69, 9.17) is 0 Å². The summed E-state index contributed by atoms with van der Waals surface area (Å²) < 4.78 is 27.6. The molecular weight excluding hydrogens is 338 g/mol. The van der Waals surface area contributed by atoms with Gasteiger partial charge in [0.25, 0.3) is 0 Å². The predicted octanol–water partition coefficient (Wildman–Crippen LogP) is 1.61. The Balaban J connectivity index is 1.73. The average Bonchev–Trinajstić information content (AvgIpc) is 2.63. The summed E-state index contributed by atoms with van der Waals surface area (Å²) in [6.07, 6.45) is 6.07. The predicted molar refractivity (Wildman–Crippen MR) is 98.8 cm³/mol. The van der Waals surface area contributed by atoms with Gasteiger partial charge in [0, 0.05) is 57.7 Å². The Morgan fingerprint density at radius 3 is 2.36 bits per heavy atom. The molecule has 2 aliphatic rings. The van der Waals surface area contributed by atoms with Crippen molar-refractivity contribution in [1.82, 2.24) is 19.2 Å². The number of hydrazine groups is 1. The zero-order valence-corrected chi connectivity index (χ0v) is 16.0. The Labute approximate surface area is 151 Å². The van der Waals surface area contributed by atoms with Gasteiger partial charge in [-0.1, -0.05) is 6.42 Å². The van der Waals surface area contributed by atoms with E-state index in [1.165, 1.54) is 6.20 Å². The van der Waals surface area contributed by atoms with Crippen LogP contribution in [0.4, 0.5) is 5.69 Å². The van der Waals surface area contributed by atoms with Gasteiger partial charge in [0.1, 0.15) is 4.90 Å². The first-order valence-electron chi connectivity index (χ1n) is 9.18. The molecule has 3 rings (SSSR count). The maximum Gasteiger partial charge on any atom is 0.246 e. The summed E-state index contributed by atoms with van der Waals surface area (Å²) in [6, 6.07) is 2.30. The van der Waals surface area contributed by atoms with Crippen LogP contribution >= 0.6 is 0 Å². The lowest BCUT2D eigenvalue weighted by Crippen LogP contribution is -2.50. The van der Waals surface area contributed by atoms with Gasteiger partial charge in [-0.3, -0.25) is 9.88 Å². The number of piperidine rings is 1. The van der Waals surface area contributed by atoms with Crippen LogP contribution in [-0.4, -0.2) is 72.9 Å². The molecule has 7 nitrogen and oxygen atoms in total. The molecule has 0 bridgehead atoms. The van der Waals surface area contributed by atoms with Crippen LogP contribution in [0.1, 0.15) is 33.1 Å². The van der Waals surface area contributed by atoms with E-state index in [1.807, 2.05) is 0 Å². The molecule has 2 aliphatic heterocycles. The number of hydrogen-bond donors (Lipinski definition) is 1. The number of nitrogens with one attached hydrogen (secondary N) is 1. The first kappa shape index (κ1) is 18.6. The van der Waals surface area contributed by atoms with Crippen LogP contribution in [0.5, 0.6) is 0 Å². The molecule has 0 radical (unpaired) electrons. The molecule has 0 saturated carbocycles. The van der Waals surface area contributed by atoms with E-state index in [9.17, 15) is 8.42 Å². The van der Waals surface area contributed by atoms with Gasteiger partial charge >= 0.3 is 0 Å². The molecule has 0 atom stereocenters. The van der Waals surface area contributed by atoms with Crippen molar-refractivity contribution in [2.75, 3.05) is 44.7 Å². The highest BCUT2D eigenvalue weighted by Crippen LogP contribution is 2.26. The van der Waals surface area contributed by atoms with Gasteiger partial charge in [-0.05, 0) is 32.8 Å². The number of pyridine rings is 1. The molecule has 8 heteroatoms. The standard InChI is InChI=1S/C17H29N5O2S/c1-15(2)20-10-12-21(13-11-20)19-16-6-7-18-14-17(16)25(23,24)22-8-4-3-5-9-22/h6-7,14-15H,3-5,8-13H2,1-2H3,(H,18,19). The van der Waals surface area contributed by atoms with Crippen molar-refractivity contribution in [3.8, 4) is 0 Å². The summed E-state index contributed by atoms with van der Waals surface area (Å²) in [7, 11) is -3.50. The number of anilines is 1. The highest BCUT2D eigenvalue weighted by molar-refractivity contribution is 7.89. The van der Waals surface area contributed by atoms with Gasteiger partial charge in [-0.15, -0.1) is 0 Å². The monoisotopic (exact) mass is 367 g/mol. The first-order valence-corrected chi connectivity index (χ1v) is 10.6. The van der Waals surface area contributed by atoms with Gasteiger partial charge in [-0.2, -0.15) is 4.31 Å². The lowest BCUT2D eigenvalue weighted by atomic mass is 10.2. The van der Waals surface area contributed by atoms with E-state index >= 15 is 0 Å². The van der Waals surface area contributed by atoms with E-state index in [0.29, 0.717) is 24.8 Å². The first-order chi connectivity index (χ1) is 12.0. The van der Waals surface area contributed by atoms with E-state index in [-0.39, 0.29) is 4.90 Å². The van der Waals surface area contributed by atoms with Crippen LogP contribution < -0.4 is 5.43 Å². The topological polar surface area (TPSA) is 68.8 Å². The fourth-order valence-corrected chi connectivity index (χ4v) is 5.05. The van der Waals surface area contributed by atoms with Crippen molar-refractivity contribution in [1.29, 1.82) is 0 Å². The fourth-order valence-electron chi connectivity index (χ4n) is 3.44. The van der Waals surface area contributed by atoms with Gasteiger partial charge in [0.15, 0.2) is 0 Å². The van der Waals surface area contributed by atoms with E-state index in [1.54, 1.807) is 16.6 Å². The van der Waals surface area contributed by atoms with Gasteiger partial charge in [-0.25, -0.2) is 13.4 Å². The minimum Gasteiger partial charge on any atom is -0.317 e. The normalized spacial score (nSPS) is 21.6. The number of rotatable bonds is 5. The maximum atomic E-state index is 13.0. The Bertz CT molecular complexity index is 665. The molecular formula is C17H29N5O2S. The molecule has 2 saturated heterocycles. The molecule has 1 aromatic heterocycles. The van der Waals surface area contributed by atoms with E-state index in [0.717, 1.165) is 45.4 Å². The van der Waals surface area contributed by atoms with E-state index in [2.05, 4.69) is 34.2 Å². The molecule has 2 fully saturated rings. The van der Waals surface area contributed by atoms with E-state index < -0.39 is 10.0 Å². The third-order valence-corrected chi connectivity index (χ3v) is 6.97. The molecule has 1 aromatic rings. The second-order valence-corrected chi connectivity index (χ2v) is 8.97. The molecule has 0 aromatic carbocycles. The van der Waals surface area contributed by atoms with Crippen LogP contribution in [0.15, 0.2) is 23.4 Å². The summed E-state index contributed by atoms with van der Waals surface area (Å²) in [5.74, 6) is 0. The summed E-state index contributed by atoms with van der Waals surface area (Å²) in [6.45, 7) is 9.29. The summed E-state index contributed by atoms with van der Waals surface area (Å²) >= 11 is 0. The molecule has 0 spiro atoms. The van der Waals surface area contributed by atoms with Crippen molar-refractivity contribution in [2.45, 2.75) is 44.0 Å². The Morgan fingerprint density at radius 2 is 1.72 bits per heavy atom. The quantitative estimate of drug-likeness (QED) is 0.853. The van der Waals surface area contributed by atoms with Crippen LogP contribution in [0.2, 0.25) is 0 Å². The third kappa shape index (κ3) is 4.31. The van der Waals surface area contributed by atoms with Crippen LogP contribution in [-0.2, 0) is 10.0 Å². The zero-order chi connectivity index (χ0) is 17.9. The summed E-state index contributed by atoms with van der Waals surface area (Å²) in [5, 5.41) is 2.10. The summed E-state index contributed by atoms with van der Waals surface area (Å²) in [4.78, 5) is 6.77. The maximum absolute atomic E-state index is 13.0. The van der Waals surface area contributed by atoms with Crippen molar-refractivity contribution in [2.24, 2.45) is 0 Å². The van der Waals surface area contributed by atoms with Crippen LogP contribution in [0.25, 0.3) is 0 Å². The molecule has 140 valence electrons. The fraction of sp³-hybridized carbons (Fsp3) is 0.706. The van der Waals surface area contributed by atoms with Crippen molar-refractivity contribution < 1.29 is 8.42 Å². The minimum atomic E-state index is -3.50. The highest BCUT2D eigenvalue weighted by Gasteiger charge is 2.29. The average molecular weight is 368 g/mol. The van der Waals surface area contributed by atoms with Gasteiger partial charge in [0.05, 0.1) is 5.69 Å². The molecule has 3 heterocycles. The van der Waals surface area contributed by atoms with Crippen LogP contribution in [0, 0.1) is 0 Å². The second-order valence-electron chi connectivity index (χ2n) is 7.07. The minimum absolute atomic E-state index is 0.281. The Hall–Kier alpha value is -1.22. The van der Waals surface area contributed by atoms with Crippen molar-refractivity contribution >= 4 is 15.7 Å². The lowest BCUT2D eigenvalue weighted by Gasteiger charge is -2.37. The number of piperazine rings is 1. The number of aromatic nitrogens is 1. The smallest absolute Gasteiger partial charge is 0.246 e. The summed E-state index contributed by atoms with van der Waals surface area (Å²) in [5.41, 5.74) is 3.94. The van der Waals surface area contributed by atoms with Crippen molar-refractivity contribution in [3.63, 3.8) is 0 Å². The molecule has 25 heavy (non-hydrogen) atoms. The Kier molecular flexibility index (Phi) is 5.93. The number of hydrogen-bond acceptors (Lipinski definition) is 6. The number of sulfonamides is 1. The second kappa shape index (κ2) is 7.99. The molecule has 0 unspecified atom stereocenters. The third-order valence-electron chi connectivity index (χ3n) is 5.04. The Morgan fingerprint density at radius 1 is 1.04 bits per heavy atom. The SMILES string of the molecule is CC(C)N1CCN(Nc2ccncc2S(=O)(=O)N2CCCCC2)CC1. The molecule has 0 aliphatic carbocycles.